The van der Waals surface area contributed by atoms with Gasteiger partial charge in [-0.1, -0.05) is 59.1 Å². The van der Waals surface area contributed by atoms with Crippen LogP contribution in [0.1, 0.15) is 73.1 Å². The van der Waals surface area contributed by atoms with E-state index in [1.165, 1.54) is 38.5 Å². The van der Waals surface area contributed by atoms with Crippen LogP contribution >= 0.6 is 0 Å². The van der Waals surface area contributed by atoms with Crippen molar-refractivity contribution in [3.05, 3.63) is 12.2 Å². The van der Waals surface area contributed by atoms with E-state index in [0.29, 0.717) is 5.41 Å². The van der Waals surface area contributed by atoms with Crippen molar-refractivity contribution in [3.8, 4) is 0 Å². The topological polar surface area (TPSA) is 0 Å². The standard InChI is InChI=1S/C15H30/c1-6-10-14(5)13-15(9-4,11-7-2)12-8-3/h6,10,14H,7-9,11-13H2,1-5H3. The summed E-state index contributed by atoms with van der Waals surface area (Å²) in [6.45, 7) is 11.5. The number of hydrogen-bond donors (Lipinski definition) is 0. The highest BCUT2D eigenvalue weighted by molar-refractivity contribution is 4.89. The molecule has 0 aromatic carbocycles. The summed E-state index contributed by atoms with van der Waals surface area (Å²) in [4.78, 5) is 0. The molecule has 1 atom stereocenters. The second kappa shape index (κ2) is 7.96. The third-order valence-electron chi connectivity index (χ3n) is 3.59. The Bertz CT molecular complexity index is 161. The van der Waals surface area contributed by atoms with Crippen LogP contribution in [0.15, 0.2) is 12.2 Å². The Morgan fingerprint density at radius 3 is 1.93 bits per heavy atom. The van der Waals surface area contributed by atoms with E-state index in [0.717, 1.165) is 5.92 Å². The van der Waals surface area contributed by atoms with E-state index < -0.39 is 0 Å². The van der Waals surface area contributed by atoms with Crippen molar-refractivity contribution < 1.29 is 0 Å². The maximum absolute atomic E-state index is 2.37. The lowest BCUT2D eigenvalue weighted by Crippen LogP contribution is -2.22. The molecule has 0 rings (SSSR count). The molecule has 0 N–H and O–H groups in total. The van der Waals surface area contributed by atoms with Crippen LogP contribution in [-0.4, -0.2) is 0 Å². The summed E-state index contributed by atoms with van der Waals surface area (Å²) >= 11 is 0. The molecule has 0 bridgehead atoms. The van der Waals surface area contributed by atoms with E-state index in [1.54, 1.807) is 0 Å². The zero-order valence-electron chi connectivity index (χ0n) is 11.5. The summed E-state index contributed by atoms with van der Waals surface area (Å²) in [5, 5.41) is 0. The molecule has 90 valence electrons. The molecule has 0 heteroatoms. The lowest BCUT2D eigenvalue weighted by molar-refractivity contribution is 0.184. The highest BCUT2D eigenvalue weighted by Gasteiger charge is 2.27. The molecule has 0 aliphatic rings. The van der Waals surface area contributed by atoms with E-state index in [2.05, 4.69) is 46.8 Å². The van der Waals surface area contributed by atoms with Gasteiger partial charge in [-0.15, -0.1) is 0 Å². The van der Waals surface area contributed by atoms with Crippen molar-refractivity contribution in [3.63, 3.8) is 0 Å². The molecule has 15 heavy (non-hydrogen) atoms. The van der Waals surface area contributed by atoms with Gasteiger partial charge in [0.1, 0.15) is 0 Å². The fraction of sp³-hybridized carbons (Fsp3) is 0.867. The minimum Gasteiger partial charge on any atom is -0.0914 e. The molecule has 0 saturated heterocycles. The minimum atomic E-state index is 0.614. The molecule has 0 saturated carbocycles. The molecule has 0 radical (unpaired) electrons. The van der Waals surface area contributed by atoms with Crippen molar-refractivity contribution in [2.45, 2.75) is 73.1 Å². The van der Waals surface area contributed by atoms with Gasteiger partial charge in [0.15, 0.2) is 0 Å². The molecule has 0 fully saturated rings. The fourth-order valence-electron chi connectivity index (χ4n) is 2.97. The van der Waals surface area contributed by atoms with Crippen LogP contribution in [-0.2, 0) is 0 Å². The van der Waals surface area contributed by atoms with Crippen molar-refractivity contribution in [1.82, 2.24) is 0 Å². The first-order chi connectivity index (χ1) is 7.14. The summed E-state index contributed by atoms with van der Waals surface area (Å²) in [6.07, 6.45) is 12.7. The van der Waals surface area contributed by atoms with Crippen LogP contribution in [0.25, 0.3) is 0 Å². The van der Waals surface area contributed by atoms with Crippen LogP contribution in [0, 0.1) is 11.3 Å². The predicted molar refractivity (Wildman–Crippen MR) is 71.1 cm³/mol. The van der Waals surface area contributed by atoms with Gasteiger partial charge in [-0.05, 0) is 37.5 Å². The smallest absolute Gasteiger partial charge is 0.0257 e. The van der Waals surface area contributed by atoms with Crippen LogP contribution in [0.4, 0.5) is 0 Å². The SMILES string of the molecule is CC=CC(C)CC(CC)(CCC)CCC. The average molecular weight is 210 g/mol. The summed E-state index contributed by atoms with van der Waals surface area (Å²) in [5.41, 5.74) is 0.614. The summed E-state index contributed by atoms with van der Waals surface area (Å²) < 4.78 is 0. The van der Waals surface area contributed by atoms with Crippen molar-refractivity contribution in [2.75, 3.05) is 0 Å². The van der Waals surface area contributed by atoms with E-state index >= 15 is 0 Å². The largest absolute Gasteiger partial charge is 0.0914 e. The molecule has 0 aromatic rings. The highest BCUT2D eigenvalue weighted by Crippen LogP contribution is 2.40. The van der Waals surface area contributed by atoms with E-state index in [4.69, 9.17) is 0 Å². The lowest BCUT2D eigenvalue weighted by atomic mass is 9.71. The van der Waals surface area contributed by atoms with Crippen LogP contribution in [0.2, 0.25) is 0 Å². The zero-order valence-corrected chi connectivity index (χ0v) is 11.5. The van der Waals surface area contributed by atoms with Gasteiger partial charge in [0.25, 0.3) is 0 Å². The van der Waals surface area contributed by atoms with Crippen molar-refractivity contribution in [2.24, 2.45) is 11.3 Å². The van der Waals surface area contributed by atoms with Gasteiger partial charge >= 0.3 is 0 Å². The summed E-state index contributed by atoms with van der Waals surface area (Å²) in [5.74, 6) is 0.744. The van der Waals surface area contributed by atoms with E-state index in [9.17, 15) is 0 Å². The van der Waals surface area contributed by atoms with Crippen LogP contribution < -0.4 is 0 Å². The number of rotatable bonds is 8. The Labute approximate surface area is 97.2 Å². The van der Waals surface area contributed by atoms with Gasteiger partial charge < -0.3 is 0 Å². The van der Waals surface area contributed by atoms with Crippen LogP contribution in [0.3, 0.4) is 0 Å². The monoisotopic (exact) mass is 210 g/mol. The third kappa shape index (κ3) is 5.39. The molecule has 0 nitrogen and oxygen atoms in total. The Morgan fingerprint density at radius 1 is 1.07 bits per heavy atom. The normalized spacial score (nSPS) is 14.7. The first kappa shape index (κ1) is 14.7. The first-order valence-electron chi connectivity index (χ1n) is 6.77. The fourth-order valence-corrected chi connectivity index (χ4v) is 2.97. The molecule has 0 aliphatic heterocycles. The molecular formula is C15H30. The molecule has 0 heterocycles. The zero-order chi connectivity index (χ0) is 11.7. The van der Waals surface area contributed by atoms with Crippen LogP contribution in [0.5, 0.6) is 0 Å². The molecule has 0 amide bonds. The minimum absolute atomic E-state index is 0.614. The summed E-state index contributed by atoms with van der Waals surface area (Å²) in [7, 11) is 0. The Hall–Kier alpha value is -0.260. The Morgan fingerprint density at radius 2 is 1.60 bits per heavy atom. The lowest BCUT2D eigenvalue weighted by Gasteiger charge is -2.34. The van der Waals surface area contributed by atoms with E-state index in [1.807, 2.05) is 0 Å². The van der Waals surface area contributed by atoms with Gasteiger partial charge in [-0.2, -0.15) is 0 Å². The molecule has 0 aliphatic carbocycles. The molecular weight excluding hydrogens is 180 g/mol. The van der Waals surface area contributed by atoms with Gasteiger partial charge in [-0.25, -0.2) is 0 Å². The summed E-state index contributed by atoms with van der Waals surface area (Å²) in [6, 6.07) is 0. The number of allylic oxidation sites excluding steroid dienone is 2. The first-order valence-corrected chi connectivity index (χ1v) is 6.77. The number of hydrogen-bond acceptors (Lipinski definition) is 0. The van der Waals surface area contributed by atoms with Crippen molar-refractivity contribution in [1.29, 1.82) is 0 Å². The molecule has 1 unspecified atom stereocenters. The second-order valence-electron chi connectivity index (χ2n) is 5.06. The maximum Gasteiger partial charge on any atom is -0.0257 e. The van der Waals surface area contributed by atoms with Crippen molar-refractivity contribution >= 4 is 0 Å². The predicted octanol–water partition coefficient (Wildman–Crippen LogP) is 5.59. The second-order valence-corrected chi connectivity index (χ2v) is 5.06. The Balaban J connectivity index is 4.44. The van der Waals surface area contributed by atoms with Gasteiger partial charge in [-0.3, -0.25) is 0 Å². The van der Waals surface area contributed by atoms with Gasteiger partial charge in [0.05, 0.1) is 0 Å². The average Bonchev–Trinajstić information content (AvgIpc) is 2.18. The third-order valence-corrected chi connectivity index (χ3v) is 3.59. The Kier molecular flexibility index (Phi) is 7.82. The van der Waals surface area contributed by atoms with Gasteiger partial charge in [0.2, 0.25) is 0 Å². The van der Waals surface area contributed by atoms with Gasteiger partial charge in [0, 0.05) is 0 Å². The quantitative estimate of drug-likeness (QED) is 0.458. The maximum atomic E-state index is 2.37. The van der Waals surface area contributed by atoms with E-state index in [-0.39, 0.29) is 0 Å². The molecule has 0 aromatic heterocycles. The molecule has 0 spiro atoms. The highest BCUT2D eigenvalue weighted by atomic mass is 14.3.